The van der Waals surface area contributed by atoms with Crippen LogP contribution >= 0.6 is 0 Å². The molecule has 0 saturated heterocycles. The maximum atomic E-state index is 4.85. The highest BCUT2D eigenvalue weighted by Gasteiger charge is 2.20. The molecule has 0 atom stereocenters. The minimum Gasteiger partial charge on any atom is -0.338 e. The zero-order chi connectivity index (χ0) is 20.7. The molecule has 2 aromatic carbocycles. The second-order valence-corrected chi connectivity index (χ2v) is 7.39. The van der Waals surface area contributed by atoms with Crippen molar-refractivity contribution in [3.8, 4) is 0 Å². The lowest BCUT2D eigenvalue weighted by molar-refractivity contribution is 0.620. The zero-order valence-electron chi connectivity index (χ0n) is 17.0. The fourth-order valence-electron chi connectivity index (χ4n) is 3.59. The standard InChI is InChI=1S/C22H22N8/c1-14(2)30-20-18(19(23-13-24-20)25-15-9-5-4-6-10-15)27-22(30)28-21-26-16-11-7-8-12-17(16)29(21)3/h4-14H,1-3H3,(H,23,24,25)(H,26,27,28). The van der Waals surface area contributed by atoms with E-state index >= 15 is 0 Å². The summed E-state index contributed by atoms with van der Waals surface area (Å²) in [5, 5.41) is 6.75. The molecule has 5 aromatic rings. The Kier molecular flexibility index (Phi) is 4.31. The summed E-state index contributed by atoms with van der Waals surface area (Å²) >= 11 is 0. The number of benzene rings is 2. The minimum atomic E-state index is 0.145. The topological polar surface area (TPSA) is 85.5 Å². The number of hydrogen-bond acceptors (Lipinski definition) is 6. The fraction of sp³-hybridized carbons (Fsp3) is 0.182. The molecule has 0 radical (unpaired) electrons. The number of anilines is 4. The summed E-state index contributed by atoms with van der Waals surface area (Å²) in [6.07, 6.45) is 1.56. The molecule has 0 aliphatic carbocycles. The molecule has 0 amide bonds. The molecule has 2 N–H and O–H groups in total. The molecule has 0 fully saturated rings. The van der Waals surface area contributed by atoms with Crippen molar-refractivity contribution < 1.29 is 0 Å². The van der Waals surface area contributed by atoms with Crippen molar-refractivity contribution >= 4 is 45.6 Å². The first-order chi connectivity index (χ1) is 14.6. The number of aryl methyl sites for hydroxylation is 1. The summed E-state index contributed by atoms with van der Waals surface area (Å²) in [6, 6.07) is 18.1. The maximum Gasteiger partial charge on any atom is 0.212 e. The molecule has 0 aliphatic rings. The van der Waals surface area contributed by atoms with E-state index in [1.54, 1.807) is 6.33 Å². The van der Waals surface area contributed by atoms with Crippen LogP contribution < -0.4 is 10.6 Å². The van der Waals surface area contributed by atoms with E-state index in [0.717, 1.165) is 28.3 Å². The van der Waals surface area contributed by atoms with E-state index in [4.69, 9.17) is 9.97 Å². The summed E-state index contributed by atoms with van der Waals surface area (Å²) in [7, 11) is 1.99. The van der Waals surface area contributed by atoms with Crippen LogP contribution in [0.5, 0.6) is 0 Å². The van der Waals surface area contributed by atoms with Crippen molar-refractivity contribution in [2.75, 3.05) is 10.6 Å². The van der Waals surface area contributed by atoms with E-state index in [0.29, 0.717) is 17.3 Å². The maximum absolute atomic E-state index is 4.85. The number of aromatic nitrogens is 6. The highest BCUT2D eigenvalue weighted by Crippen LogP contribution is 2.30. The predicted molar refractivity (Wildman–Crippen MR) is 119 cm³/mol. The van der Waals surface area contributed by atoms with Gasteiger partial charge in [0.1, 0.15) is 6.33 Å². The Morgan fingerprint density at radius 3 is 2.37 bits per heavy atom. The van der Waals surface area contributed by atoms with Crippen LogP contribution in [0.25, 0.3) is 22.2 Å². The highest BCUT2D eigenvalue weighted by molar-refractivity contribution is 5.88. The predicted octanol–water partition coefficient (Wildman–Crippen LogP) is 4.78. The number of rotatable bonds is 5. The average Bonchev–Trinajstić information content (AvgIpc) is 3.28. The molecule has 8 heteroatoms. The van der Waals surface area contributed by atoms with E-state index in [1.807, 2.05) is 66.2 Å². The lowest BCUT2D eigenvalue weighted by Gasteiger charge is -2.13. The van der Waals surface area contributed by atoms with Gasteiger partial charge in [0.25, 0.3) is 0 Å². The molecule has 0 aliphatic heterocycles. The summed E-state index contributed by atoms with van der Waals surface area (Å²) in [5.41, 5.74) is 4.40. The number of nitrogens with zero attached hydrogens (tertiary/aromatic N) is 6. The Morgan fingerprint density at radius 1 is 0.833 bits per heavy atom. The smallest absolute Gasteiger partial charge is 0.212 e. The van der Waals surface area contributed by atoms with Crippen LogP contribution in [0.15, 0.2) is 60.9 Å². The van der Waals surface area contributed by atoms with E-state index in [1.165, 1.54) is 0 Å². The Morgan fingerprint density at radius 2 is 1.60 bits per heavy atom. The van der Waals surface area contributed by atoms with Gasteiger partial charge in [0.05, 0.1) is 11.0 Å². The molecule has 3 heterocycles. The molecule has 0 bridgehead atoms. The summed E-state index contributed by atoms with van der Waals surface area (Å²) in [4.78, 5) is 18.5. The van der Waals surface area contributed by atoms with E-state index in [9.17, 15) is 0 Å². The molecular formula is C22H22N8. The first-order valence-corrected chi connectivity index (χ1v) is 9.85. The van der Waals surface area contributed by atoms with Crippen molar-refractivity contribution in [1.82, 2.24) is 29.1 Å². The second-order valence-electron chi connectivity index (χ2n) is 7.39. The van der Waals surface area contributed by atoms with Crippen LogP contribution in [0.4, 0.5) is 23.4 Å². The SMILES string of the molecule is CC(C)n1c(Nc2nc3ccccc3n2C)nc2c(Nc3ccccc3)ncnc21. The van der Waals surface area contributed by atoms with Gasteiger partial charge in [-0.1, -0.05) is 30.3 Å². The van der Waals surface area contributed by atoms with Crippen molar-refractivity contribution in [1.29, 1.82) is 0 Å². The van der Waals surface area contributed by atoms with Crippen molar-refractivity contribution in [2.45, 2.75) is 19.9 Å². The van der Waals surface area contributed by atoms with Crippen LogP contribution in [-0.4, -0.2) is 29.1 Å². The molecule has 150 valence electrons. The van der Waals surface area contributed by atoms with Crippen LogP contribution in [0.3, 0.4) is 0 Å². The number of imidazole rings is 2. The number of para-hydroxylation sites is 3. The van der Waals surface area contributed by atoms with Gasteiger partial charge in [-0.25, -0.2) is 19.9 Å². The van der Waals surface area contributed by atoms with Crippen LogP contribution in [0, 0.1) is 0 Å². The molecule has 30 heavy (non-hydrogen) atoms. The van der Waals surface area contributed by atoms with Gasteiger partial charge >= 0.3 is 0 Å². The lowest BCUT2D eigenvalue weighted by atomic mass is 10.3. The number of nitrogens with one attached hydrogen (secondary N) is 2. The third kappa shape index (κ3) is 3.02. The van der Waals surface area contributed by atoms with Crippen LogP contribution in [0.1, 0.15) is 19.9 Å². The van der Waals surface area contributed by atoms with E-state index < -0.39 is 0 Å². The van der Waals surface area contributed by atoms with Gasteiger partial charge in [-0.3, -0.25) is 9.88 Å². The molecule has 0 unspecified atom stereocenters. The van der Waals surface area contributed by atoms with Gasteiger partial charge in [0.2, 0.25) is 11.9 Å². The monoisotopic (exact) mass is 398 g/mol. The number of hydrogen-bond donors (Lipinski definition) is 2. The summed E-state index contributed by atoms with van der Waals surface area (Å²) in [6.45, 7) is 4.21. The molecule has 5 rings (SSSR count). The third-order valence-electron chi connectivity index (χ3n) is 5.04. The summed E-state index contributed by atoms with van der Waals surface area (Å²) in [5.74, 6) is 2.06. The molecular weight excluding hydrogens is 376 g/mol. The Bertz CT molecular complexity index is 1330. The van der Waals surface area contributed by atoms with E-state index in [2.05, 4.69) is 39.0 Å². The quantitative estimate of drug-likeness (QED) is 0.443. The Hall–Kier alpha value is -3.94. The molecule has 0 saturated carbocycles. The first-order valence-electron chi connectivity index (χ1n) is 9.85. The lowest BCUT2D eigenvalue weighted by Crippen LogP contribution is -2.09. The van der Waals surface area contributed by atoms with Crippen LogP contribution in [-0.2, 0) is 7.05 Å². The number of fused-ring (bicyclic) bond motifs is 2. The van der Waals surface area contributed by atoms with Gasteiger partial charge in [0.15, 0.2) is 17.0 Å². The van der Waals surface area contributed by atoms with Crippen molar-refractivity contribution in [2.24, 2.45) is 7.05 Å². The van der Waals surface area contributed by atoms with Gasteiger partial charge in [-0.05, 0) is 38.1 Å². The largest absolute Gasteiger partial charge is 0.338 e. The minimum absolute atomic E-state index is 0.145. The highest BCUT2D eigenvalue weighted by atomic mass is 15.3. The molecule has 8 nitrogen and oxygen atoms in total. The van der Waals surface area contributed by atoms with Gasteiger partial charge in [-0.2, -0.15) is 0 Å². The van der Waals surface area contributed by atoms with E-state index in [-0.39, 0.29) is 6.04 Å². The van der Waals surface area contributed by atoms with Gasteiger partial charge in [0, 0.05) is 18.8 Å². The second kappa shape index (κ2) is 7.14. The third-order valence-corrected chi connectivity index (χ3v) is 5.04. The zero-order valence-corrected chi connectivity index (χ0v) is 17.0. The Balaban J connectivity index is 1.61. The molecule has 0 spiro atoms. The van der Waals surface area contributed by atoms with Crippen molar-refractivity contribution in [3.05, 3.63) is 60.9 Å². The average molecular weight is 398 g/mol. The first kappa shape index (κ1) is 18.1. The van der Waals surface area contributed by atoms with Crippen LogP contribution in [0.2, 0.25) is 0 Å². The van der Waals surface area contributed by atoms with Gasteiger partial charge < -0.3 is 9.88 Å². The normalized spacial score (nSPS) is 11.5. The van der Waals surface area contributed by atoms with Gasteiger partial charge in [-0.15, -0.1) is 0 Å². The Labute approximate surface area is 173 Å². The molecule has 3 aromatic heterocycles. The van der Waals surface area contributed by atoms with Crippen molar-refractivity contribution in [3.63, 3.8) is 0 Å². The summed E-state index contributed by atoms with van der Waals surface area (Å²) < 4.78 is 4.08. The fourth-order valence-corrected chi connectivity index (χ4v) is 3.59.